The summed E-state index contributed by atoms with van der Waals surface area (Å²) in [4.78, 5) is 10.9. The van der Waals surface area contributed by atoms with E-state index in [1.165, 1.54) is 6.92 Å². The maximum atomic E-state index is 13.2. The fourth-order valence-electron chi connectivity index (χ4n) is 1.07. The van der Waals surface area contributed by atoms with Crippen LogP contribution in [0, 0.1) is 5.41 Å². The smallest absolute Gasteiger partial charge is 0.379 e. The first-order chi connectivity index (χ1) is 6.61. The maximum absolute atomic E-state index is 13.2. The Hall–Kier alpha value is -0.710. The zero-order valence-electron chi connectivity index (χ0n) is 9.51. The molecule has 1 N–H and O–H groups in total. The highest BCUT2D eigenvalue weighted by atomic mass is 19.3. The zero-order chi connectivity index (χ0) is 12.3. The molecule has 0 rings (SSSR count). The molecule has 0 fully saturated rings. The van der Waals surface area contributed by atoms with Gasteiger partial charge in [-0.2, -0.15) is 8.78 Å². The molecule has 0 aliphatic carbocycles. The minimum atomic E-state index is -3.83. The van der Waals surface area contributed by atoms with Gasteiger partial charge >= 0.3 is 11.9 Å². The van der Waals surface area contributed by atoms with Crippen molar-refractivity contribution in [1.29, 1.82) is 0 Å². The van der Waals surface area contributed by atoms with Gasteiger partial charge in [0.05, 0.1) is 6.61 Å². The van der Waals surface area contributed by atoms with E-state index in [1.54, 1.807) is 20.8 Å². The lowest BCUT2D eigenvalue weighted by Gasteiger charge is -2.26. The molecular formula is C10H18F2O3. The van der Waals surface area contributed by atoms with Gasteiger partial charge < -0.3 is 9.84 Å². The molecule has 15 heavy (non-hydrogen) atoms. The van der Waals surface area contributed by atoms with Crippen LogP contribution in [0.3, 0.4) is 0 Å². The second kappa shape index (κ2) is 4.88. The van der Waals surface area contributed by atoms with Crippen molar-refractivity contribution in [3.05, 3.63) is 0 Å². The van der Waals surface area contributed by atoms with Crippen molar-refractivity contribution in [2.75, 3.05) is 6.61 Å². The molecule has 0 aromatic rings. The average Bonchev–Trinajstić information content (AvgIpc) is 2.01. The maximum Gasteiger partial charge on any atom is 0.379 e. The number of esters is 1. The molecule has 0 aliphatic rings. The van der Waals surface area contributed by atoms with E-state index in [4.69, 9.17) is 0 Å². The number of alkyl halides is 2. The third-order valence-corrected chi connectivity index (χ3v) is 1.77. The van der Waals surface area contributed by atoms with Crippen LogP contribution in [-0.2, 0) is 9.53 Å². The van der Waals surface area contributed by atoms with Crippen molar-refractivity contribution in [2.45, 2.75) is 46.1 Å². The Bertz CT molecular complexity index is 221. The number of carbonyl (C=O) groups is 1. The molecular weight excluding hydrogens is 206 g/mol. The summed E-state index contributed by atoms with van der Waals surface area (Å²) in [5.41, 5.74) is -0.477. The number of aliphatic hydroxyl groups excluding tert-OH is 1. The van der Waals surface area contributed by atoms with Crippen LogP contribution in [-0.4, -0.2) is 29.7 Å². The monoisotopic (exact) mass is 224 g/mol. The van der Waals surface area contributed by atoms with E-state index in [9.17, 15) is 18.7 Å². The Balaban J connectivity index is 4.51. The van der Waals surface area contributed by atoms with Crippen LogP contribution < -0.4 is 0 Å². The van der Waals surface area contributed by atoms with Gasteiger partial charge in [0.25, 0.3) is 0 Å². The van der Waals surface area contributed by atoms with Crippen molar-refractivity contribution in [1.82, 2.24) is 0 Å². The lowest BCUT2D eigenvalue weighted by atomic mass is 9.87. The molecule has 5 heteroatoms. The first kappa shape index (κ1) is 14.3. The SMILES string of the molecule is CCOC(=O)C(F)(F)C(O)CC(C)(C)C. The molecule has 1 unspecified atom stereocenters. The number of hydrogen-bond acceptors (Lipinski definition) is 3. The fraction of sp³-hybridized carbons (Fsp3) is 0.900. The lowest BCUT2D eigenvalue weighted by molar-refractivity contribution is -0.190. The molecule has 0 saturated heterocycles. The molecule has 3 nitrogen and oxygen atoms in total. The highest BCUT2D eigenvalue weighted by molar-refractivity contribution is 5.78. The third-order valence-electron chi connectivity index (χ3n) is 1.77. The van der Waals surface area contributed by atoms with Gasteiger partial charge in [-0.15, -0.1) is 0 Å². The Morgan fingerprint density at radius 1 is 1.40 bits per heavy atom. The largest absolute Gasteiger partial charge is 0.461 e. The van der Waals surface area contributed by atoms with Gasteiger partial charge in [0.2, 0.25) is 0 Å². The van der Waals surface area contributed by atoms with E-state index in [-0.39, 0.29) is 13.0 Å². The minimum Gasteiger partial charge on any atom is -0.461 e. The first-order valence-corrected chi connectivity index (χ1v) is 4.84. The molecule has 0 amide bonds. The summed E-state index contributed by atoms with van der Waals surface area (Å²) in [6, 6.07) is 0. The fourth-order valence-corrected chi connectivity index (χ4v) is 1.07. The summed E-state index contributed by atoms with van der Waals surface area (Å²) in [5.74, 6) is -5.50. The van der Waals surface area contributed by atoms with Crippen LogP contribution in [0.2, 0.25) is 0 Å². The molecule has 0 radical (unpaired) electrons. The van der Waals surface area contributed by atoms with Crippen molar-refractivity contribution < 1.29 is 23.4 Å². The van der Waals surface area contributed by atoms with Crippen LogP contribution >= 0.6 is 0 Å². The highest BCUT2D eigenvalue weighted by Crippen LogP contribution is 2.30. The van der Waals surface area contributed by atoms with Gasteiger partial charge in [-0.3, -0.25) is 0 Å². The normalized spacial score (nSPS) is 14.9. The summed E-state index contributed by atoms with van der Waals surface area (Å²) >= 11 is 0. The van der Waals surface area contributed by atoms with Crippen molar-refractivity contribution >= 4 is 5.97 Å². The number of ether oxygens (including phenoxy) is 1. The number of carbonyl (C=O) groups excluding carboxylic acids is 1. The van der Waals surface area contributed by atoms with Gasteiger partial charge in [-0.25, -0.2) is 4.79 Å². The van der Waals surface area contributed by atoms with Gasteiger partial charge in [-0.05, 0) is 18.8 Å². The molecule has 90 valence electrons. The summed E-state index contributed by atoms with van der Waals surface area (Å²) in [5, 5.41) is 9.26. The molecule has 0 saturated carbocycles. The minimum absolute atomic E-state index is 0.128. The number of aliphatic hydroxyl groups is 1. The summed E-state index contributed by atoms with van der Waals surface area (Å²) in [6.45, 7) is 6.42. The first-order valence-electron chi connectivity index (χ1n) is 4.84. The Labute approximate surface area is 88.4 Å². The highest BCUT2D eigenvalue weighted by Gasteiger charge is 2.49. The molecule has 1 atom stereocenters. The number of hydrogen-bond donors (Lipinski definition) is 1. The van der Waals surface area contributed by atoms with E-state index in [1.807, 2.05) is 0 Å². The van der Waals surface area contributed by atoms with Crippen LogP contribution in [0.4, 0.5) is 8.78 Å². The van der Waals surface area contributed by atoms with E-state index in [0.717, 1.165) is 0 Å². The number of halogens is 2. The third kappa shape index (κ3) is 4.55. The van der Waals surface area contributed by atoms with E-state index in [2.05, 4.69) is 4.74 Å². The summed E-state index contributed by atoms with van der Waals surface area (Å²) in [6.07, 6.45) is -2.17. The molecule has 0 heterocycles. The average molecular weight is 224 g/mol. The van der Waals surface area contributed by atoms with Crippen LogP contribution in [0.5, 0.6) is 0 Å². The zero-order valence-corrected chi connectivity index (χ0v) is 9.51. The Kier molecular flexibility index (Phi) is 4.65. The quantitative estimate of drug-likeness (QED) is 0.743. The second-order valence-corrected chi connectivity index (χ2v) is 4.62. The standard InChI is InChI=1S/C10H18F2O3/c1-5-15-8(14)10(11,12)7(13)6-9(2,3)4/h7,13H,5-6H2,1-4H3. The Morgan fingerprint density at radius 2 is 1.87 bits per heavy atom. The van der Waals surface area contributed by atoms with Crippen molar-refractivity contribution in [2.24, 2.45) is 5.41 Å². The van der Waals surface area contributed by atoms with Gasteiger partial charge in [0, 0.05) is 0 Å². The van der Waals surface area contributed by atoms with Crippen molar-refractivity contribution in [3.8, 4) is 0 Å². The van der Waals surface area contributed by atoms with Gasteiger partial charge in [0.1, 0.15) is 6.10 Å². The molecule has 0 aromatic carbocycles. The lowest BCUT2D eigenvalue weighted by Crippen LogP contribution is -2.44. The van der Waals surface area contributed by atoms with Gasteiger partial charge in [0.15, 0.2) is 0 Å². The Morgan fingerprint density at radius 3 is 2.20 bits per heavy atom. The molecule has 0 bridgehead atoms. The summed E-state index contributed by atoms with van der Waals surface area (Å²) < 4.78 is 30.6. The van der Waals surface area contributed by atoms with E-state index in [0.29, 0.717) is 0 Å². The molecule has 0 spiro atoms. The van der Waals surface area contributed by atoms with Crippen molar-refractivity contribution in [3.63, 3.8) is 0 Å². The van der Waals surface area contributed by atoms with E-state index < -0.39 is 23.4 Å². The second-order valence-electron chi connectivity index (χ2n) is 4.62. The van der Waals surface area contributed by atoms with Crippen LogP contribution in [0.25, 0.3) is 0 Å². The van der Waals surface area contributed by atoms with Gasteiger partial charge in [-0.1, -0.05) is 20.8 Å². The summed E-state index contributed by atoms with van der Waals surface area (Å²) in [7, 11) is 0. The molecule has 0 aromatic heterocycles. The predicted molar refractivity (Wildman–Crippen MR) is 51.7 cm³/mol. The van der Waals surface area contributed by atoms with Crippen LogP contribution in [0.15, 0.2) is 0 Å². The van der Waals surface area contributed by atoms with E-state index >= 15 is 0 Å². The molecule has 0 aliphatic heterocycles. The topological polar surface area (TPSA) is 46.5 Å². The number of rotatable bonds is 4. The predicted octanol–water partition coefficient (Wildman–Crippen LogP) is 1.98. The van der Waals surface area contributed by atoms with Crippen LogP contribution in [0.1, 0.15) is 34.1 Å².